The summed E-state index contributed by atoms with van der Waals surface area (Å²) in [5.74, 6) is 0. The zero-order valence-corrected chi connectivity index (χ0v) is 13.5. The van der Waals surface area contributed by atoms with Crippen LogP contribution >= 0.6 is 15.9 Å². The summed E-state index contributed by atoms with van der Waals surface area (Å²) >= 11 is 3.44. The maximum absolute atomic E-state index is 11.0. The fourth-order valence-electron chi connectivity index (χ4n) is 2.79. The van der Waals surface area contributed by atoms with Crippen LogP contribution < -0.4 is 0 Å². The molecule has 1 N–H and O–H groups in total. The summed E-state index contributed by atoms with van der Waals surface area (Å²) in [6, 6.07) is 22.4. The van der Waals surface area contributed by atoms with Gasteiger partial charge in [-0.3, -0.25) is 0 Å². The molecule has 0 radical (unpaired) electrons. The summed E-state index contributed by atoms with van der Waals surface area (Å²) < 4.78 is 1.05. The lowest BCUT2D eigenvalue weighted by Crippen LogP contribution is -2.24. The number of fused-ring (bicyclic) bond motifs is 1. The van der Waals surface area contributed by atoms with Gasteiger partial charge in [-0.25, -0.2) is 0 Å². The molecule has 3 aromatic carbocycles. The fourth-order valence-corrected chi connectivity index (χ4v) is 3.05. The minimum Gasteiger partial charge on any atom is -0.385 e. The Balaban J connectivity index is 2.01. The first-order chi connectivity index (χ1) is 10.1. The van der Waals surface area contributed by atoms with Crippen molar-refractivity contribution in [2.75, 3.05) is 0 Å². The van der Waals surface area contributed by atoms with Gasteiger partial charge in [-0.05, 0) is 41.0 Å². The van der Waals surface area contributed by atoms with Crippen molar-refractivity contribution in [2.45, 2.75) is 18.9 Å². The van der Waals surface area contributed by atoms with E-state index in [2.05, 4.69) is 34.1 Å². The lowest BCUT2D eigenvalue weighted by Gasteiger charge is -2.25. The molecule has 1 atom stereocenters. The quantitative estimate of drug-likeness (QED) is 0.707. The van der Waals surface area contributed by atoms with E-state index in [1.807, 2.05) is 55.5 Å². The molecule has 0 fully saturated rings. The normalized spacial score (nSPS) is 14.0. The highest BCUT2D eigenvalue weighted by Gasteiger charge is 2.25. The molecular formula is C19H17BrO. The van der Waals surface area contributed by atoms with E-state index in [9.17, 15) is 5.11 Å². The Morgan fingerprint density at radius 2 is 1.57 bits per heavy atom. The Morgan fingerprint density at radius 1 is 0.905 bits per heavy atom. The Bertz CT molecular complexity index is 755. The third-order valence-corrected chi connectivity index (χ3v) is 4.36. The maximum atomic E-state index is 11.0. The highest BCUT2D eigenvalue weighted by Crippen LogP contribution is 2.31. The van der Waals surface area contributed by atoms with Gasteiger partial charge in [-0.15, -0.1) is 0 Å². The molecule has 0 aliphatic heterocycles. The molecule has 3 rings (SSSR count). The number of benzene rings is 3. The van der Waals surface area contributed by atoms with Crippen LogP contribution in [0.2, 0.25) is 0 Å². The van der Waals surface area contributed by atoms with Crippen molar-refractivity contribution >= 4 is 26.7 Å². The van der Waals surface area contributed by atoms with E-state index in [0.29, 0.717) is 6.42 Å². The Kier molecular flexibility index (Phi) is 3.83. The molecule has 0 saturated carbocycles. The van der Waals surface area contributed by atoms with Gasteiger partial charge in [0.25, 0.3) is 0 Å². The van der Waals surface area contributed by atoms with E-state index in [4.69, 9.17) is 0 Å². The first kappa shape index (κ1) is 14.3. The van der Waals surface area contributed by atoms with Crippen LogP contribution in [0.25, 0.3) is 10.8 Å². The highest BCUT2D eigenvalue weighted by atomic mass is 79.9. The summed E-state index contributed by atoms with van der Waals surface area (Å²) in [4.78, 5) is 0. The number of rotatable bonds is 3. The van der Waals surface area contributed by atoms with Crippen molar-refractivity contribution in [2.24, 2.45) is 0 Å². The Labute approximate surface area is 133 Å². The first-order valence-corrected chi connectivity index (χ1v) is 7.81. The molecule has 0 saturated heterocycles. The molecule has 0 aliphatic carbocycles. The number of hydrogen-bond acceptors (Lipinski definition) is 1. The monoisotopic (exact) mass is 340 g/mol. The van der Waals surface area contributed by atoms with E-state index in [1.165, 1.54) is 0 Å². The van der Waals surface area contributed by atoms with E-state index in [-0.39, 0.29) is 0 Å². The van der Waals surface area contributed by atoms with E-state index >= 15 is 0 Å². The molecule has 0 aromatic heterocycles. The van der Waals surface area contributed by atoms with Crippen LogP contribution in [0.3, 0.4) is 0 Å². The predicted octanol–water partition coefficient (Wildman–Crippen LogP) is 5.05. The maximum Gasteiger partial charge on any atom is 0.0914 e. The van der Waals surface area contributed by atoms with Gasteiger partial charge < -0.3 is 5.11 Å². The summed E-state index contributed by atoms with van der Waals surface area (Å²) in [6.45, 7) is 1.89. The van der Waals surface area contributed by atoms with Crippen LogP contribution in [0.15, 0.2) is 71.2 Å². The lowest BCUT2D eigenvalue weighted by molar-refractivity contribution is 0.0592. The van der Waals surface area contributed by atoms with Crippen LogP contribution in [0.4, 0.5) is 0 Å². The third kappa shape index (κ3) is 3.02. The second-order valence-electron chi connectivity index (χ2n) is 5.60. The van der Waals surface area contributed by atoms with Crippen LogP contribution in [-0.2, 0) is 12.0 Å². The molecule has 0 heterocycles. The van der Waals surface area contributed by atoms with Gasteiger partial charge in [0.1, 0.15) is 0 Å². The van der Waals surface area contributed by atoms with Gasteiger partial charge in [0, 0.05) is 10.9 Å². The van der Waals surface area contributed by atoms with E-state index < -0.39 is 5.60 Å². The van der Waals surface area contributed by atoms with Gasteiger partial charge in [0.15, 0.2) is 0 Å². The van der Waals surface area contributed by atoms with Gasteiger partial charge in [0.05, 0.1) is 5.60 Å². The standard InChI is InChI=1S/C19H17BrO/c1-19(21,13-14-9-11-16(20)12-10-14)18-8-4-6-15-5-2-3-7-17(15)18/h2-12,21H,13H2,1H3. The second-order valence-corrected chi connectivity index (χ2v) is 6.52. The fraction of sp³-hybridized carbons (Fsp3) is 0.158. The van der Waals surface area contributed by atoms with Crippen molar-refractivity contribution in [3.8, 4) is 0 Å². The van der Waals surface area contributed by atoms with Crippen molar-refractivity contribution in [3.63, 3.8) is 0 Å². The topological polar surface area (TPSA) is 20.2 Å². The number of aliphatic hydroxyl groups is 1. The molecule has 1 nitrogen and oxygen atoms in total. The molecule has 2 heteroatoms. The summed E-state index contributed by atoms with van der Waals surface area (Å²) in [5, 5.41) is 13.3. The summed E-state index contributed by atoms with van der Waals surface area (Å²) in [6.07, 6.45) is 0.592. The minimum absolute atomic E-state index is 0.592. The molecule has 21 heavy (non-hydrogen) atoms. The number of hydrogen-bond donors (Lipinski definition) is 1. The average Bonchev–Trinajstić information content (AvgIpc) is 2.49. The van der Waals surface area contributed by atoms with Crippen LogP contribution in [0.1, 0.15) is 18.1 Å². The molecule has 1 unspecified atom stereocenters. The first-order valence-electron chi connectivity index (χ1n) is 7.01. The van der Waals surface area contributed by atoms with Crippen molar-refractivity contribution in [3.05, 3.63) is 82.3 Å². The molecular weight excluding hydrogens is 324 g/mol. The highest BCUT2D eigenvalue weighted by molar-refractivity contribution is 9.10. The zero-order chi connectivity index (χ0) is 14.9. The van der Waals surface area contributed by atoms with Gasteiger partial charge in [0.2, 0.25) is 0 Å². The van der Waals surface area contributed by atoms with Crippen molar-refractivity contribution < 1.29 is 5.11 Å². The molecule has 0 aliphatic rings. The molecule has 0 spiro atoms. The van der Waals surface area contributed by atoms with Crippen LogP contribution in [0, 0.1) is 0 Å². The van der Waals surface area contributed by atoms with Crippen LogP contribution in [0.5, 0.6) is 0 Å². The average molecular weight is 341 g/mol. The van der Waals surface area contributed by atoms with Gasteiger partial charge >= 0.3 is 0 Å². The summed E-state index contributed by atoms with van der Waals surface area (Å²) in [5.41, 5.74) is 1.20. The Morgan fingerprint density at radius 3 is 2.33 bits per heavy atom. The second kappa shape index (κ2) is 5.63. The minimum atomic E-state index is -0.894. The SMILES string of the molecule is CC(O)(Cc1ccc(Br)cc1)c1cccc2ccccc12. The molecule has 3 aromatic rings. The smallest absolute Gasteiger partial charge is 0.0914 e. The van der Waals surface area contributed by atoms with E-state index in [0.717, 1.165) is 26.4 Å². The largest absolute Gasteiger partial charge is 0.385 e. The van der Waals surface area contributed by atoms with Crippen LogP contribution in [-0.4, -0.2) is 5.11 Å². The van der Waals surface area contributed by atoms with Crippen molar-refractivity contribution in [1.82, 2.24) is 0 Å². The van der Waals surface area contributed by atoms with Gasteiger partial charge in [-0.1, -0.05) is 70.5 Å². The van der Waals surface area contributed by atoms with Crippen molar-refractivity contribution in [1.29, 1.82) is 0 Å². The zero-order valence-electron chi connectivity index (χ0n) is 11.9. The van der Waals surface area contributed by atoms with E-state index in [1.54, 1.807) is 0 Å². The third-order valence-electron chi connectivity index (χ3n) is 3.83. The summed E-state index contributed by atoms with van der Waals surface area (Å²) in [7, 11) is 0. The molecule has 0 bridgehead atoms. The Hall–Kier alpha value is -1.64. The lowest BCUT2D eigenvalue weighted by atomic mass is 9.86. The number of halogens is 1. The molecule has 106 valence electrons. The molecule has 0 amide bonds. The van der Waals surface area contributed by atoms with Gasteiger partial charge in [-0.2, -0.15) is 0 Å². The predicted molar refractivity (Wildman–Crippen MR) is 91.4 cm³/mol.